The molecule has 0 unspecified atom stereocenters. The predicted molar refractivity (Wildman–Crippen MR) is 69.0 cm³/mol. The maximum atomic E-state index is 13.7. The van der Waals surface area contributed by atoms with E-state index in [1.807, 2.05) is 19.9 Å². The van der Waals surface area contributed by atoms with E-state index in [9.17, 15) is 9.18 Å². The molecule has 1 aromatic carbocycles. The number of aromatic nitrogens is 2. The van der Waals surface area contributed by atoms with Crippen molar-refractivity contribution >= 4 is 17.7 Å². The van der Waals surface area contributed by atoms with Gasteiger partial charge in [0.25, 0.3) is 0 Å². The predicted octanol–water partition coefficient (Wildman–Crippen LogP) is 3.08. The van der Waals surface area contributed by atoms with E-state index >= 15 is 0 Å². The van der Waals surface area contributed by atoms with E-state index < -0.39 is 11.8 Å². The number of aromatic carboxylic acids is 1. The number of carbonyl (C=O) groups is 1. The van der Waals surface area contributed by atoms with Gasteiger partial charge in [0.15, 0.2) is 5.16 Å². The van der Waals surface area contributed by atoms with Crippen molar-refractivity contribution in [2.75, 3.05) is 0 Å². The lowest BCUT2D eigenvalue weighted by molar-refractivity contribution is 0.0696. The molecule has 19 heavy (non-hydrogen) atoms. The molecule has 0 fully saturated rings. The topological polar surface area (TPSA) is 63.1 Å². The maximum absolute atomic E-state index is 13.7. The van der Waals surface area contributed by atoms with Crippen molar-refractivity contribution in [3.8, 4) is 0 Å². The zero-order chi connectivity index (χ0) is 14.0. The number of halogens is 1. The third kappa shape index (κ3) is 3.29. The monoisotopic (exact) mass is 278 g/mol. The highest BCUT2D eigenvalue weighted by molar-refractivity contribution is 7.99. The lowest BCUT2D eigenvalue weighted by atomic mass is 10.2. The fourth-order valence-corrected chi connectivity index (χ4v) is 2.48. The van der Waals surface area contributed by atoms with Gasteiger partial charge in [-0.2, -0.15) is 0 Å². The van der Waals surface area contributed by atoms with E-state index in [-0.39, 0.29) is 10.5 Å². The minimum Gasteiger partial charge on any atom is -0.478 e. The Balaban J connectivity index is 2.37. The van der Waals surface area contributed by atoms with Crippen molar-refractivity contribution in [3.63, 3.8) is 0 Å². The Morgan fingerprint density at radius 3 is 2.42 bits per heavy atom. The van der Waals surface area contributed by atoms with Crippen LogP contribution in [0.5, 0.6) is 0 Å². The average molecular weight is 278 g/mol. The number of benzene rings is 1. The zero-order valence-electron chi connectivity index (χ0n) is 10.3. The van der Waals surface area contributed by atoms with Gasteiger partial charge in [-0.05, 0) is 49.9 Å². The van der Waals surface area contributed by atoms with Gasteiger partial charge in [-0.15, -0.1) is 0 Å². The molecule has 1 aromatic heterocycles. The lowest BCUT2D eigenvalue weighted by Gasteiger charge is -2.05. The van der Waals surface area contributed by atoms with Crippen LogP contribution in [0.25, 0.3) is 0 Å². The molecule has 98 valence electrons. The molecule has 0 aliphatic carbocycles. The highest BCUT2D eigenvalue weighted by atomic mass is 32.2. The second kappa shape index (κ2) is 5.36. The van der Waals surface area contributed by atoms with Gasteiger partial charge in [0.2, 0.25) is 0 Å². The van der Waals surface area contributed by atoms with Gasteiger partial charge in [0, 0.05) is 11.4 Å². The summed E-state index contributed by atoms with van der Waals surface area (Å²) in [5.74, 6) is -1.58. The van der Waals surface area contributed by atoms with Gasteiger partial charge in [0.05, 0.1) is 10.5 Å². The summed E-state index contributed by atoms with van der Waals surface area (Å²) >= 11 is 1.01. The molecule has 2 aromatic rings. The fraction of sp³-hybridized carbons (Fsp3) is 0.154. The number of rotatable bonds is 3. The number of carboxylic acids is 1. The Kier molecular flexibility index (Phi) is 3.80. The summed E-state index contributed by atoms with van der Waals surface area (Å²) in [7, 11) is 0. The normalized spacial score (nSPS) is 10.5. The number of nitrogens with zero attached hydrogens (tertiary/aromatic N) is 2. The van der Waals surface area contributed by atoms with Crippen LogP contribution >= 0.6 is 11.8 Å². The average Bonchev–Trinajstić information content (AvgIpc) is 2.30. The molecule has 0 saturated carbocycles. The minimum absolute atomic E-state index is 0.0354. The van der Waals surface area contributed by atoms with Gasteiger partial charge < -0.3 is 5.11 Å². The van der Waals surface area contributed by atoms with Crippen molar-refractivity contribution < 1.29 is 14.3 Å². The second-order valence-electron chi connectivity index (χ2n) is 3.99. The van der Waals surface area contributed by atoms with Gasteiger partial charge in [-0.3, -0.25) is 0 Å². The van der Waals surface area contributed by atoms with E-state index in [1.165, 1.54) is 12.1 Å². The summed E-state index contributed by atoms with van der Waals surface area (Å²) in [6.45, 7) is 3.64. The molecule has 0 radical (unpaired) electrons. The third-order valence-corrected chi connectivity index (χ3v) is 3.24. The Morgan fingerprint density at radius 1 is 1.21 bits per heavy atom. The Morgan fingerprint density at radius 2 is 1.84 bits per heavy atom. The Hall–Kier alpha value is -1.95. The summed E-state index contributed by atoms with van der Waals surface area (Å²) in [4.78, 5) is 19.4. The van der Waals surface area contributed by atoms with Gasteiger partial charge in [0.1, 0.15) is 5.82 Å². The molecule has 0 saturated heterocycles. The van der Waals surface area contributed by atoms with E-state index in [0.717, 1.165) is 29.2 Å². The molecule has 0 atom stereocenters. The molecular formula is C13H11FN2O2S. The quantitative estimate of drug-likeness (QED) is 0.874. The van der Waals surface area contributed by atoms with Crippen LogP contribution in [0.1, 0.15) is 21.7 Å². The van der Waals surface area contributed by atoms with E-state index in [1.54, 1.807) is 0 Å². The zero-order valence-corrected chi connectivity index (χ0v) is 11.2. The Labute approximate surface area is 113 Å². The molecule has 6 heteroatoms. The fourth-order valence-electron chi connectivity index (χ4n) is 1.55. The number of aryl methyl sites for hydroxylation is 2. The van der Waals surface area contributed by atoms with E-state index in [2.05, 4.69) is 9.97 Å². The van der Waals surface area contributed by atoms with Gasteiger partial charge in [-0.1, -0.05) is 0 Å². The summed E-state index contributed by atoms with van der Waals surface area (Å²) in [5, 5.41) is 9.29. The first-order valence-electron chi connectivity index (χ1n) is 5.48. The molecule has 0 bridgehead atoms. The maximum Gasteiger partial charge on any atom is 0.335 e. The van der Waals surface area contributed by atoms with Crippen LogP contribution in [0.3, 0.4) is 0 Å². The summed E-state index contributed by atoms with van der Waals surface area (Å²) in [6, 6.07) is 5.45. The number of carboxylic acid groups (broad SMARTS) is 1. The Bertz CT molecular complexity index is 626. The van der Waals surface area contributed by atoms with Crippen LogP contribution in [-0.2, 0) is 0 Å². The van der Waals surface area contributed by atoms with E-state index in [4.69, 9.17) is 5.11 Å². The van der Waals surface area contributed by atoms with Crippen LogP contribution in [0.4, 0.5) is 4.39 Å². The van der Waals surface area contributed by atoms with E-state index in [0.29, 0.717) is 5.16 Å². The molecule has 0 amide bonds. The van der Waals surface area contributed by atoms with Crippen LogP contribution in [-0.4, -0.2) is 21.0 Å². The molecule has 0 spiro atoms. The van der Waals surface area contributed by atoms with Gasteiger partial charge >= 0.3 is 5.97 Å². The summed E-state index contributed by atoms with van der Waals surface area (Å²) < 4.78 is 13.7. The van der Waals surface area contributed by atoms with Crippen molar-refractivity contribution in [1.29, 1.82) is 0 Å². The molecule has 4 nitrogen and oxygen atoms in total. The van der Waals surface area contributed by atoms with Crippen molar-refractivity contribution in [2.24, 2.45) is 0 Å². The van der Waals surface area contributed by atoms with Crippen molar-refractivity contribution in [3.05, 3.63) is 47.0 Å². The second-order valence-corrected chi connectivity index (χ2v) is 4.99. The van der Waals surface area contributed by atoms with Crippen molar-refractivity contribution in [2.45, 2.75) is 23.9 Å². The SMILES string of the molecule is Cc1cc(C)nc(Sc2cc(C(=O)O)ccc2F)n1. The van der Waals surface area contributed by atoms with Crippen LogP contribution < -0.4 is 0 Å². The molecule has 0 aliphatic rings. The minimum atomic E-state index is -1.09. The molecular weight excluding hydrogens is 267 g/mol. The standard InChI is InChI=1S/C13H11FN2O2S/c1-7-5-8(2)16-13(15-7)19-11-6-9(12(17)18)3-4-10(11)14/h3-6H,1-2H3,(H,17,18). The first kappa shape index (κ1) is 13.5. The smallest absolute Gasteiger partial charge is 0.335 e. The summed E-state index contributed by atoms with van der Waals surface area (Å²) in [6.07, 6.45) is 0. The first-order chi connectivity index (χ1) is 8.95. The largest absolute Gasteiger partial charge is 0.478 e. The van der Waals surface area contributed by atoms with Crippen molar-refractivity contribution in [1.82, 2.24) is 9.97 Å². The summed E-state index contributed by atoms with van der Waals surface area (Å²) in [5.41, 5.74) is 1.60. The highest BCUT2D eigenvalue weighted by Gasteiger charge is 2.11. The highest BCUT2D eigenvalue weighted by Crippen LogP contribution is 2.28. The number of hydrogen-bond donors (Lipinski definition) is 1. The van der Waals surface area contributed by atoms with Gasteiger partial charge in [-0.25, -0.2) is 19.2 Å². The molecule has 0 aliphatic heterocycles. The number of hydrogen-bond acceptors (Lipinski definition) is 4. The molecule has 2 rings (SSSR count). The first-order valence-corrected chi connectivity index (χ1v) is 6.30. The third-order valence-electron chi connectivity index (χ3n) is 2.34. The van der Waals surface area contributed by atoms with Crippen LogP contribution in [0.15, 0.2) is 34.3 Å². The van der Waals surface area contributed by atoms with Crippen LogP contribution in [0, 0.1) is 19.7 Å². The lowest BCUT2D eigenvalue weighted by Crippen LogP contribution is -1.98. The molecule has 1 heterocycles. The molecule has 1 N–H and O–H groups in total. The van der Waals surface area contributed by atoms with Crippen LogP contribution in [0.2, 0.25) is 0 Å².